The van der Waals surface area contributed by atoms with Gasteiger partial charge in [-0.15, -0.1) is 0 Å². The molecular weight excluding hydrogens is 293 g/mol. The lowest BCUT2D eigenvalue weighted by Crippen LogP contribution is -2.34. The summed E-state index contributed by atoms with van der Waals surface area (Å²) in [5, 5.41) is 2.39. The number of guanidine groups is 1. The minimum Gasteiger partial charge on any atom is -0.369 e. The minimum atomic E-state index is -0.225. The van der Waals surface area contributed by atoms with Crippen LogP contribution in [-0.2, 0) is 4.79 Å². The molecule has 1 aromatic rings. The number of nitrogens with zero attached hydrogens (tertiary/aromatic N) is 1. The van der Waals surface area contributed by atoms with E-state index in [4.69, 9.17) is 5.73 Å². The number of nitrogens with two attached hydrogens (primary N) is 1. The summed E-state index contributed by atoms with van der Waals surface area (Å²) in [5.74, 6) is -0.115. The lowest BCUT2D eigenvalue weighted by atomic mass is 10.3. The molecule has 0 spiro atoms. The van der Waals surface area contributed by atoms with Gasteiger partial charge in [-0.2, -0.15) is 0 Å². The number of carbonyl (C=O) groups excluding carboxylic acids is 1. The highest BCUT2D eigenvalue weighted by molar-refractivity contribution is 14.1. The summed E-state index contributed by atoms with van der Waals surface area (Å²) < 4.78 is 1.12. The van der Waals surface area contributed by atoms with Crippen molar-refractivity contribution in [3.05, 3.63) is 27.8 Å². The summed E-state index contributed by atoms with van der Waals surface area (Å²) in [6.45, 7) is 1.39. The Labute approximate surface area is 95.7 Å². The molecule has 1 aromatic carbocycles. The fourth-order valence-electron chi connectivity index (χ4n) is 0.863. The van der Waals surface area contributed by atoms with Crippen LogP contribution in [0.3, 0.4) is 0 Å². The van der Waals surface area contributed by atoms with Crippen molar-refractivity contribution in [2.45, 2.75) is 6.92 Å². The van der Waals surface area contributed by atoms with Crippen molar-refractivity contribution in [2.75, 3.05) is 0 Å². The Hall–Kier alpha value is -1.11. The van der Waals surface area contributed by atoms with Crippen molar-refractivity contribution in [3.8, 4) is 0 Å². The van der Waals surface area contributed by atoms with Crippen molar-refractivity contribution in [1.29, 1.82) is 0 Å². The third-order valence-electron chi connectivity index (χ3n) is 1.38. The van der Waals surface area contributed by atoms with Crippen LogP contribution in [0.25, 0.3) is 0 Å². The summed E-state index contributed by atoms with van der Waals surface area (Å²) >= 11 is 2.20. The van der Waals surface area contributed by atoms with Gasteiger partial charge in [0.1, 0.15) is 0 Å². The fourth-order valence-corrected chi connectivity index (χ4v) is 1.22. The monoisotopic (exact) mass is 303 g/mol. The van der Waals surface area contributed by atoms with Crippen LogP contribution >= 0.6 is 22.6 Å². The fraction of sp³-hybridized carbons (Fsp3) is 0.111. The molecule has 74 valence electrons. The van der Waals surface area contributed by atoms with Gasteiger partial charge in [-0.05, 0) is 46.9 Å². The maximum absolute atomic E-state index is 10.6. The first-order valence-corrected chi connectivity index (χ1v) is 5.03. The van der Waals surface area contributed by atoms with Gasteiger partial charge in [0.25, 0.3) is 0 Å². The van der Waals surface area contributed by atoms with Gasteiger partial charge in [-0.1, -0.05) is 0 Å². The molecule has 0 bridgehead atoms. The number of aliphatic imine (C=N–C) groups is 1. The molecule has 0 fully saturated rings. The Bertz CT molecular complexity index is 359. The normalized spacial score (nSPS) is 11.1. The van der Waals surface area contributed by atoms with E-state index in [-0.39, 0.29) is 11.9 Å². The van der Waals surface area contributed by atoms with E-state index < -0.39 is 0 Å². The second-order valence-electron chi connectivity index (χ2n) is 2.65. The molecule has 0 saturated carbocycles. The predicted molar refractivity (Wildman–Crippen MR) is 64.3 cm³/mol. The van der Waals surface area contributed by atoms with Crippen LogP contribution in [0.2, 0.25) is 0 Å². The van der Waals surface area contributed by atoms with Crippen molar-refractivity contribution in [2.24, 2.45) is 10.7 Å². The van der Waals surface area contributed by atoms with E-state index in [1.807, 2.05) is 24.3 Å². The van der Waals surface area contributed by atoms with Crippen LogP contribution in [-0.4, -0.2) is 11.9 Å². The molecule has 0 saturated heterocycles. The molecule has 14 heavy (non-hydrogen) atoms. The third-order valence-corrected chi connectivity index (χ3v) is 2.10. The zero-order valence-corrected chi connectivity index (χ0v) is 9.78. The highest BCUT2D eigenvalue weighted by atomic mass is 127. The van der Waals surface area contributed by atoms with Crippen LogP contribution in [0, 0.1) is 3.57 Å². The number of hydrogen-bond donors (Lipinski definition) is 2. The topological polar surface area (TPSA) is 67.5 Å². The Morgan fingerprint density at radius 1 is 1.43 bits per heavy atom. The zero-order valence-electron chi connectivity index (χ0n) is 7.62. The van der Waals surface area contributed by atoms with E-state index in [1.54, 1.807) is 0 Å². The average molecular weight is 303 g/mol. The van der Waals surface area contributed by atoms with Crippen LogP contribution in [0.4, 0.5) is 5.69 Å². The van der Waals surface area contributed by atoms with Crippen LogP contribution < -0.4 is 11.1 Å². The standard InChI is InChI=1S/C9H10IN3O/c1-6(14)12-9(11)13-8-4-2-7(10)3-5-8/h2-5H,1H3,(H3,11,12,13,14). The van der Waals surface area contributed by atoms with Gasteiger partial charge in [-0.25, -0.2) is 4.99 Å². The van der Waals surface area contributed by atoms with Gasteiger partial charge in [0, 0.05) is 10.5 Å². The number of hydrogen-bond acceptors (Lipinski definition) is 2. The molecule has 3 N–H and O–H groups in total. The van der Waals surface area contributed by atoms with Gasteiger partial charge in [0.15, 0.2) is 0 Å². The average Bonchev–Trinajstić information content (AvgIpc) is 2.07. The predicted octanol–water partition coefficient (Wildman–Crippen LogP) is 1.37. The SMILES string of the molecule is CC(=O)NC(N)=Nc1ccc(I)cc1. The molecule has 5 heteroatoms. The van der Waals surface area contributed by atoms with Crippen molar-refractivity contribution < 1.29 is 4.79 Å². The van der Waals surface area contributed by atoms with Gasteiger partial charge in [0.2, 0.25) is 11.9 Å². The summed E-state index contributed by atoms with van der Waals surface area (Å²) in [7, 11) is 0. The maximum Gasteiger partial charge on any atom is 0.223 e. The minimum absolute atomic E-state index is 0.110. The second kappa shape index (κ2) is 4.94. The van der Waals surface area contributed by atoms with E-state index in [2.05, 4.69) is 32.9 Å². The summed E-state index contributed by atoms with van der Waals surface area (Å²) in [5.41, 5.74) is 6.18. The molecule has 4 nitrogen and oxygen atoms in total. The molecule has 0 aliphatic rings. The number of benzene rings is 1. The quantitative estimate of drug-likeness (QED) is 0.467. The first-order valence-electron chi connectivity index (χ1n) is 3.95. The van der Waals surface area contributed by atoms with Crippen LogP contribution in [0.1, 0.15) is 6.92 Å². The van der Waals surface area contributed by atoms with E-state index in [1.165, 1.54) is 6.92 Å². The zero-order chi connectivity index (χ0) is 10.6. The summed E-state index contributed by atoms with van der Waals surface area (Å²) in [4.78, 5) is 14.6. The highest BCUT2D eigenvalue weighted by Crippen LogP contribution is 2.13. The van der Waals surface area contributed by atoms with E-state index in [0.29, 0.717) is 0 Å². The van der Waals surface area contributed by atoms with E-state index in [0.717, 1.165) is 9.26 Å². The molecule has 0 atom stereocenters. The molecule has 0 unspecified atom stereocenters. The van der Waals surface area contributed by atoms with Crippen LogP contribution in [0.15, 0.2) is 29.3 Å². The van der Waals surface area contributed by atoms with Crippen molar-refractivity contribution >= 4 is 40.1 Å². The lowest BCUT2D eigenvalue weighted by molar-refractivity contribution is -0.117. The van der Waals surface area contributed by atoms with Gasteiger partial charge in [0.05, 0.1) is 5.69 Å². The largest absolute Gasteiger partial charge is 0.369 e. The second-order valence-corrected chi connectivity index (χ2v) is 3.90. The van der Waals surface area contributed by atoms with Crippen molar-refractivity contribution in [1.82, 2.24) is 5.32 Å². The van der Waals surface area contributed by atoms with E-state index in [9.17, 15) is 4.79 Å². The molecule has 1 amide bonds. The molecule has 1 rings (SSSR count). The van der Waals surface area contributed by atoms with Gasteiger partial charge < -0.3 is 5.73 Å². The lowest BCUT2D eigenvalue weighted by Gasteiger charge is -2.00. The number of amides is 1. The first kappa shape index (κ1) is 11.0. The Kier molecular flexibility index (Phi) is 3.87. The number of halogens is 1. The summed E-state index contributed by atoms with van der Waals surface area (Å²) in [6, 6.07) is 7.49. The molecule has 0 radical (unpaired) electrons. The van der Waals surface area contributed by atoms with Gasteiger partial charge >= 0.3 is 0 Å². The Morgan fingerprint density at radius 3 is 2.50 bits per heavy atom. The number of nitrogens with one attached hydrogen (secondary N) is 1. The van der Waals surface area contributed by atoms with Crippen molar-refractivity contribution in [3.63, 3.8) is 0 Å². The maximum atomic E-state index is 10.6. The molecular formula is C9H10IN3O. The summed E-state index contributed by atoms with van der Waals surface area (Å²) in [6.07, 6.45) is 0. The number of carbonyl (C=O) groups is 1. The highest BCUT2D eigenvalue weighted by Gasteiger charge is 1.95. The van der Waals surface area contributed by atoms with Gasteiger partial charge in [-0.3, -0.25) is 10.1 Å². The Balaban J connectivity index is 2.76. The Morgan fingerprint density at radius 2 is 2.00 bits per heavy atom. The first-order chi connectivity index (χ1) is 6.58. The van der Waals surface area contributed by atoms with Crippen LogP contribution in [0.5, 0.6) is 0 Å². The molecule has 0 aromatic heterocycles. The molecule has 0 aliphatic heterocycles. The molecule has 0 aliphatic carbocycles. The third kappa shape index (κ3) is 3.73. The smallest absolute Gasteiger partial charge is 0.223 e. The van der Waals surface area contributed by atoms with E-state index >= 15 is 0 Å². The number of rotatable bonds is 1. The molecule has 0 heterocycles.